The highest BCUT2D eigenvalue weighted by atomic mass is 32.2. The van der Waals surface area contributed by atoms with E-state index < -0.39 is 10.0 Å². The van der Waals surface area contributed by atoms with Crippen LogP contribution >= 0.6 is 0 Å². The first-order chi connectivity index (χ1) is 10.1. The summed E-state index contributed by atoms with van der Waals surface area (Å²) in [7, 11) is -2.04. The van der Waals surface area contributed by atoms with Crippen molar-refractivity contribution in [1.82, 2.24) is 4.98 Å². The summed E-state index contributed by atoms with van der Waals surface area (Å²) in [4.78, 5) is 4.20. The molecule has 1 N–H and O–H groups in total. The van der Waals surface area contributed by atoms with Crippen molar-refractivity contribution in [3.05, 3.63) is 48.8 Å². The highest BCUT2D eigenvalue weighted by molar-refractivity contribution is 7.92. The van der Waals surface area contributed by atoms with Gasteiger partial charge < -0.3 is 5.32 Å². The Morgan fingerprint density at radius 2 is 1.90 bits per heavy atom. The van der Waals surface area contributed by atoms with Gasteiger partial charge in [0.15, 0.2) is 0 Å². The van der Waals surface area contributed by atoms with Gasteiger partial charge in [-0.15, -0.1) is 0 Å². The van der Waals surface area contributed by atoms with Crippen LogP contribution in [0, 0.1) is 0 Å². The molecule has 21 heavy (non-hydrogen) atoms. The lowest BCUT2D eigenvalue weighted by molar-refractivity contribution is 0.594. The third-order valence-electron chi connectivity index (χ3n) is 3.10. The van der Waals surface area contributed by atoms with Gasteiger partial charge >= 0.3 is 0 Å². The molecule has 0 saturated heterocycles. The number of rotatable bonds is 6. The van der Waals surface area contributed by atoms with E-state index in [0.29, 0.717) is 5.69 Å². The van der Waals surface area contributed by atoms with Crippen LogP contribution in [0.25, 0.3) is 0 Å². The predicted octanol–water partition coefficient (Wildman–Crippen LogP) is 2.73. The minimum absolute atomic E-state index is 0.260. The summed E-state index contributed by atoms with van der Waals surface area (Å²) in [5.74, 6) is 0. The molecule has 0 unspecified atom stereocenters. The maximum atomic E-state index is 12.5. The number of aromatic nitrogens is 1. The Morgan fingerprint density at radius 3 is 2.48 bits per heavy atom. The van der Waals surface area contributed by atoms with Crippen LogP contribution in [0.1, 0.15) is 13.3 Å². The smallest absolute Gasteiger partial charge is 0.264 e. The zero-order valence-electron chi connectivity index (χ0n) is 12.2. The molecule has 2 rings (SSSR count). The van der Waals surface area contributed by atoms with E-state index in [1.165, 1.54) is 17.5 Å². The largest absolute Gasteiger partial charge is 0.385 e. The average Bonchev–Trinajstić information content (AvgIpc) is 2.53. The van der Waals surface area contributed by atoms with E-state index in [4.69, 9.17) is 0 Å². The van der Waals surface area contributed by atoms with Crippen molar-refractivity contribution in [2.75, 3.05) is 23.2 Å². The molecule has 1 aromatic carbocycles. The molecule has 2 aromatic rings. The fourth-order valence-electron chi connectivity index (χ4n) is 1.85. The van der Waals surface area contributed by atoms with Crippen LogP contribution in [0.4, 0.5) is 11.4 Å². The Kier molecular flexibility index (Phi) is 4.80. The number of anilines is 2. The Bertz CT molecular complexity index is 670. The van der Waals surface area contributed by atoms with Crippen LogP contribution in [0.5, 0.6) is 0 Å². The lowest BCUT2D eigenvalue weighted by Gasteiger charge is -2.19. The summed E-state index contributed by atoms with van der Waals surface area (Å²) >= 11 is 0. The quantitative estimate of drug-likeness (QED) is 0.891. The molecule has 6 heteroatoms. The van der Waals surface area contributed by atoms with E-state index in [-0.39, 0.29) is 4.90 Å². The Balaban J connectivity index is 2.23. The topological polar surface area (TPSA) is 62.3 Å². The monoisotopic (exact) mass is 305 g/mol. The molecular formula is C15H19N3O2S. The second-order valence-electron chi connectivity index (χ2n) is 4.63. The second-order valence-corrected chi connectivity index (χ2v) is 6.60. The Labute approximate surface area is 125 Å². The summed E-state index contributed by atoms with van der Waals surface area (Å²) in [5.41, 5.74) is 1.45. The molecule has 1 aromatic heterocycles. The van der Waals surface area contributed by atoms with Gasteiger partial charge in [-0.05, 0) is 42.8 Å². The van der Waals surface area contributed by atoms with Gasteiger partial charge in [0, 0.05) is 25.5 Å². The molecule has 0 aliphatic heterocycles. The number of nitrogens with zero attached hydrogens (tertiary/aromatic N) is 2. The van der Waals surface area contributed by atoms with E-state index in [1.54, 1.807) is 42.6 Å². The molecule has 0 spiro atoms. The van der Waals surface area contributed by atoms with E-state index in [0.717, 1.165) is 18.7 Å². The van der Waals surface area contributed by atoms with E-state index in [1.807, 2.05) is 0 Å². The molecular weight excluding hydrogens is 286 g/mol. The van der Waals surface area contributed by atoms with Gasteiger partial charge in [0.1, 0.15) is 0 Å². The summed E-state index contributed by atoms with van der Waals surface area (Å²) < 4.78 is 26.3. The lowest BCUT2D eigenvalue weighted by Crippen LogP contribution is -2.26. The average molecular weight is 305 g/mol. The van der Waals surface area contributed by atoms with Gasteiger partial charge in [0.25, 0.3) is 10.0 Å². The van der Waals surface area contributed by atoms with E-state index in [9.17, 15) is 8.42 Å². The molecule has 0 fully saturated rings. The molecule has 1 heterocycles. The van der Waals surface area contributed by atoms with E-state index >= 15 is 0 Å². The van der Waals surface area contributed by atoms with Crippen molar-refractivity contribution in [3.8, 4) is 0 Å². The fraction of sp³-hybridized carbons (Fsp3) is 0.267. The van der Waals surface area contributed by atoms with Crippen LogP contribution in [0.2, 0.25) is 0 Å². The number of hydrogen-bond donors (Lipinski definition) is 1. The Hall–Kier alpha value is -2.08. The fourth-order valence-corrected chi connectivity index (χ4v) is 3.03. The number of pyridine rings is 1. The predicted molar refractivity (Wildman–Crippen MR) is 85.0 cm³/mol. The molecule has 0 saturated carbocycles. The molecule has 0 aliphatic rings. The number of sulfonamides is 1. The maximum absolute atomic E-state index is 12.5. The zero-order valence-corrected chi connectivity index (χ0v) is 13.0. The number of hydrogen-bond acceptors (Lipinski definition) is 4. The van der Waals surface area contributed by atoms with Gasteiger partial charge in [-0.2, -0.15) is 0 Å². The van der Waals surface area contributed by atoms with Crippen molar-refractivity contribution in [2.24, 2.45) is 0 Å². The highest BCUT2D eigenvalue weighted by Crippen LogP contribution is 2.22. The molecule has 0 bridgehead atoms. The third kappa shape index (κ3) is 3.52. The van der Waals surface area contributed by atoms with Crippen LogP contribution in [-0.2, 0) is 10.0 Å². The second kappa shape index (κ2) is 6.58. The first-order valence-corrected chi connectivity index (χ1v) is 8.22. The first kappa shape index (κ1) is 15.3. The van der Waals surface area contributed by atoms with Crippen LogP contribution in [0.15, 0.2) is 53.7 Å². The van der Waals surface area contributed by atoms with Gasteiger partial charge in [-0.25, -0.2) is 8.42 Å². The molecule has 112 valence electrons. The summed E-state index contributed by atoms with van der Waals surface area (Å²) in [6.45, 7) is 2.94. The highest BCUT2D eigenvalue weighted by Gasteiger charge is 2.21. The SMILES string of the molecule is CCCNc1ccc(S(=O)(=O)N(C)c2cccnc2)cc1. The van der Waals surface area contributed by atoms with Crippen molar-refractivity contribution in [1.29, 1.82) is 0 Å². The molecule has 5 nitrogen and oxygen atoms in total. The van der Waals surface area contributed by atoms with E-state index in [2.05, 4.69) is 17.2 Å². The van der Waals surface area contributed by atoms with Crippen molar-refractivity contribution in [3.63, 3.8) is 0 Å². The van der Waals surface area contributed by atoms with Crippen LogP contribution < -0.4 is 9.62 Å². The molecule has 0 atom stereocenters. The molecule has 0 aliphatic carbocycles. The van der Waals surface area contributed by atoms with Crippen molar-refractivity contribution >= 4 is 21.4 Å². The van der Waals surface area contributed by atoms with Crippen LogP contribution in [0.3, 0.4) is 0 Å². The molecule has 0 radical (unpaired) electrons. The van der Waals surface area contributed by atoms with Crippen LogP contribution in [-0.4, -0.2) is 27.0 Å². The number of nitrogens with one attached hydrogen (secondary N) is 1. The van der Waals surface area contributed by atoms with Crippen molar-refractivity contribution < 1.29 is 8.42 Å². The lowest BCUT2D eigenvalue weighted by atomic mass is 10.3. The minimum Gasteiger partial charge on any atom is -0.385 e. The van der Waals surface area contributed by atoms with Gasteiger partial charge in [-0.1, -0.05) is 6.92 Å². The normalized spacial score (nSPS) is 11.1. The van der Waals surface area contributed by atoms with Gasteiger partial charge in [0.2, 0.25) is 0 Å². The summed E-state index contributed by atoms with van der Waals surface area (Å²) in [6.07, 6.45) is 4.15. The van der Waals surface area contributed by atoms with Gasteiger partial charge in [-0.3, -0.25) is 9.29 Å². The standard InChI is InChI=1S/C15H19N3O2S/c1-3-10-17-13-6-8-15(9-7-13)21(19,20)18(2)14-5-4-11-16-12-14/h4-9,11-12,17H,3,10H2,1-2H3. The van der Waals surface area contributed by atoms with Crippen molar-refractivity contribution in [2.45, 2.75) is 18.2 Å². The molecule has 0 amide bonds. The van der Waals surface area contributed by atoms with Gasteiger partial charge in [0.05, 0.1) is 16.8 Å². The maximum Gasteiger partial charge on any atom is 0.264 e. The Morgan fingerprint density at radius 1 is 1.19 bits per heavy atom. The summed E-state index contributed by atoms with van der Waals surface area (Å²) in [5, 5.41) is 3.22. The minimum atomic E-state index is -3.56. The summed E-state index contributed by atoms with van der Waals surface area (Å²) in [6, 6.07) is 10.2. The number of benzene rings is 1. The first-order valence-electron chi connectivity index (χ1n) is 6.78. The zero-order chi connectivity index (χ0) is 15.3. The third-order valence-corrected chi connectivity index (χ3v) is 4.90.